The number of pyridine rings is 1. The summed E-state index contributed by atoms with van der Waals surface area (Å²) in [6.45, 7) is 5.61. The molecule has 104 valence electrons. The van der Waals surface area contributed by atoms with Gasteiger partial charge in [-0.3, -0.25) is 9.78 Å². The molecule has 0 aliphatic carbocycles. The summed E-state index contributed by atoms with van der Waals surface area (Å²) in [4.78, 5) is 17.9. The van der Waals surface area contributed by atoms with Crippen LogP contribution in [0.25, 0.3) is 0 Å². The van der Waals surface area contributed by atoms with E-state index in [4.69, 9.17) is 0 Å². The van der Waals surface area contributed by atoms with E-state index in [1.54, 1.807) is 4.90 Å². The van der Waals surface area contributed by atoms with E-state index in [0.29, 0.717) is 18.2 Å². The number of amides is 1. The second kappa shape index (κ2) is 6.10. The highest BCUT2D eigenvalue weighted by molar-refractivity contribution is 5.94. The van der Waals surface area contributed by atoms with Gasteiger partial charge < -0.3 is 10.2 Å². The normalized spacial score (nSPS) is 18.8. The molecule has 0 bridgehead atoms. The molecule has 0 radical (unpaired) electrons. The van der Waals surface area contributed by atoms with E-state index in [2.05, 4.69) is 10.3 Å². The molecule has 1 N–H and O–H groups in total. The van der Waals surface area contributed by atoms with Gasteiger partial charge in [0.15, 0.2) is 0 Å². The highest BCUT2D eigenvalue weighted by Gasteiger charge is 2.24. The molecule has 1 atom stereocenters. The van der Waals surface area contributed by atoms with Crippen LogP contribution < -0.4 is 5.32 Å². The molecule has 1 aliphatic heterocycles. The van der Waals surface area contributed by atoms with Gasteiger partial charge in [-0.05, 0) is 39.3 Å². The monoisotopic (exact) mass is 265 g/mol. The number of carbonyl (C=O) groups excluding carboxylic acids is 1. The van der Waals surface area contributed by atoms with Crippen molar-refractivity contribution in [2.24, 2.45) is 0 Å². The molecule has 19 heavy (non-hydrogen) atoms. The van der Waals surface area contributed by atoms with Crippen LogP contribution in [0, 0.1) is 5.82 Å². The summed E-state index contributed by atoms with van der Waals surface area (Å²) in [5.41, 5.74) is 0.312. The SMILES string of the molecule is CC(C)N(CC1CCCN1)C(=O)c1cncc(F)c1. The van der Waals surface area contributed by atoms with Crippen LogP contribution in [0.15, 0.2) is 18.5 Å². The average molecular weight is 265 g/mol. The highest BCUT2D eigenvalue weighted by Crippen LogP contribution is 2.13. The number of halogens is 1. The standard InChI is InChI=1S/C14H20FN3O/c1-10(2)18(9-13-4-3-5-17-13)14(19)11-6-12(15)8-16-7-11/h6-8,10,13,17H,3-5,9H2,1-2H3. The van der Waals surface area contributed by atoms with Gasteiger partial charge in [0, 0.05) is 24.8 Å². The van der Waals surface area contributed by atoms with Crippen LogP contribution in [0.5, 0.6) is 0 Å². The maximum absolute atomic E-state index is 13.2. The Bertz CT molecular complexity index is 444. The van der Waals surface area contributed by atoms with E-state index in [-0.39, 0.29) is 11.9 Å². The van der Waals surface area contributed by atoms with Crippen molar-refractivity contribution < 1.29 is 9.18 Å². The fourth-order valence-electron chi connectivity index (χ4n) is 2.37. The topological polar surface area (TPSA) is 45.2 Å². The first-order valence-corrected chi connectivity index (χ1v) is 6.73. The van der Waals surface area contributed by atoms with Crippen LogP contribution in [0.2, 0.25) is 0 Å². The predicted molar refractivity (Wildman–Crippen MR) is 71.4 cm³/mol. The molecule has 0 aromatic carbocycles. The minimum absolute atomic E-state index is 0.0816. The molecule has 1 aliphatic rings. The summed E-state index contributed by atoms with van der Waals surface area (Å²) < 4.78 is 13.2. The Morgan fingerprint density at radius 1 is 1.58 bits per heavy atom. The third kappa shape index (κ3) is 3.50. The number of hydrogen-bond donors (Lipinski definition) is 1. The number of rotatable bonds is 4. The first-order chi connectivity index (χ1) is 9.08. The molecule has 1 unspecified atom stereocenters. The summed E-state index contributed by atoms with van der Waals surface area (Å²) >= 11 is 0. The number of nitrogens with zero attached hydrogens (tertiary/aromatic N) is 2. The first kappa shape index (κ1) is 13.9. The summed E-state index contributed by atoms with van der Waals surface area (Å²) in [6, 6.07) is 1.67. The molecule has 1 saturated heterocycles. The molecule has 1 amide bonds. The van der Waals surface area contributed by atoms with E-state index in [1.807, 2.05) is 13.8 Å². The lowest BCUT2D eigenvalue weighted by molar-refractivity contribution is 0.0688. The van der Waals surface area contributed by atoms with Gasteiger partial charge in [0.05, 0.1) is 11.8 Å². The largest absolute Gasteiger partial charge is 0.335 e. The lowest BCUT2D eigenvalue weighted by atomic mass is 10.1. The first-order valence-electron chi connectivity index (χ1n) is 6.73. The van der Waals surface area contributed by atoms with Gasteiger partial charge in [-0.1, -0.05) is 0 Å². The molecule has 4 nitrogen and oxygen atoms in total. The summed E-state index contributed by atoms with van der Waals surface area (Å²) in [5.74, 6) is -0.635. The molecular formula is C14H20FN3O. The van der Waals surface area contributed by atoms with Crippen molar-refractivity contribution in [3.05, 3.63) is 29.8 Å². The Labute approximate surface area is 113 Å². The van der Waals surface area contributed by atoms with Crippen LogP contribution in [0.3, 0.4) is 0 Å². The Balaban J connectivity index is 2.11. The molecular weight excluding hydrogens is 245 g/mol. The minimum atomic E-state index is -0.478. The second-order valence-electron chi connectivity index (χ2n) is 5.24. The van der Waals surface area contributed by atoms with Gasteiger partial charge >= 0.3 is 0 Å². The molecule has 2 heterocycles. The average Bonchev–Trinajstić information content (AvgIpc) is 2.87. The van der Waals surface area contributed by atoms with Gasteiger partial charge in [0.1, 0.15) is 5.82 Å². The Hall–Kier alpha value is -1.49. The van der Waals surface area contributed by atoms with Crippen molar-refractivity contribution in [3.63, 3.8) is 0 Å². The zero-order valence-electron chi connectivity index (χ0n) is 11.4. The molecule has 2 rings (SSSR count). The van der Waals surface area contributed by atoms with Crippen molar-refractivity contribution >= 4 is 5.91 Å². The fraction of sp³-hybridized carbons (Fsp3) is 0.571. The van der Waals surface area contributed by atoms with Crippen molar-refractivity contribution in [1.82, 2.24) is 15.2 Å². The maximum atomic E-state index is 13.2. The summed E-state index contributed by atoms with van der Waals surface area (Å²) in [5, 5.41) is 3.38. The summed E-state index contributed by atoms with van der Waals surface area (Å²) in [6.07, 6.45) is 4.75. The fourth-order valence-corrected chi connectivity index (χ4v) is 2.37. The lowest BCUT2D eigenvalue weighted by Gasteiger charge is -2.29. The molecule has 1 aromatic rings. The third-order valence-corrected chi connectivity index (χ3v) is 3.42. The number of aromatic nitrogens is 1. The van der Waals surface area contributed by atoms with E-state index < -0.39 is 5.82 Å². The van der Waals surface area contributed by atoms with Gasteiger partial charge in [0.25, 0.3) is 5.91 Å². The van der Waals surface area contributed by atoms with E-state index in [1.165, 1.54) is 12.3 Å². The number of hydrogen-bond acceptors (Lipinski definition) is 3. The van der Waals surface area contributed by atoms with Gasteiger partial charge in [-0.15, -0.1) is 0 Å². The van der Waals surface area contributed by atoms with Crippen LogP contribution in [0.1, 0.15) is 37.0 Å². The van der Waals surface area contributed by atoms with Crippen molar-refractivity contribution in [3.8, 4) is 0 Å². The quantitative estimate of drug-likeness (QED) is 0.903. The predicted octanol–water partition coefficient (Wildman–Crippen LogP) is 1.82. The molecule has 1 aromatic heterocycles. The second-order valence-corrected chi connectivity index (χ2v) is 5.24. The minimum Gasteiger partial charge on any atom is -0.335 e. The molecule has 0 saturated carbocycles. The molecule has 1 fully saturated rings. The van der Waals surface area contributed by atoms with Crippen LogP contribution in [-0.4, -0.2) is 41.0 Å². The highest BCUT2D eigenvalue weighted by atomic mass is 19.1. The van der Waals surface area contributed by atoms with Gasteiger partial charge in [0.2, 0.25) is 0 Å². The van der Waals surface area contributed by atoms with Gasteiger partial charge in [-0.25, -0.2) is 4.39 Å². The third-order valence-electron chi connectivity index (χ3n) is 3.42. The van der Waals surface area contributed by atoms with Crippen molar-refractivity contribution in [2.45, 2.75) is 38.8 Å². The van der Waals surface area contributed by atoms with Crippen molar-refractivity contribution in [2.75, 3.05) is 13.1 Å². The molecule has 0 spiro atoms. The zero-order chi connectivity index (χ0) is 13.8. The van der Waals surface area contributed by atoms with E-state index in [0.717, 1.165) is 25.6 Å². The molecule has 5 heteroatoms. The van der Waals surface area contributed by atoms with Gasteiger partial charge in [-0.2, -0.15) is 0 Å². The van der Waals surface area contributed by atoms with Crippen LogP contribution in [-0.2, 0) is 0 Å². The zero-order valence-corrected chi connectivity index (χ0v) is 11.4. The van der Waals surface area contributed by atoms with Crippen LogP contribution in [0.4, 0.5) is 4.39 Å². The van der Waals surface area contributed by atoms with E-state index in [9.17, 15) is 9.18 Å². The number of carbonyl (C=O) groups is 1. The van der Waals surface area contributed by atoms with Crippen LogP contribution >= 0.6 is 0 Å². The smallest absolute Gasteiger partial charge is 0.255 e. The Morgan fingerprint density at radius 2 is 2.37 bits per heavy atom. The van der Waals surface area contributed by atoms with Crippen molar-refractivity contribution in [1.29, 1.82) is 0 Å². The number of nitrogens with one attached hydrogen (secondary N) is 1. The van der Waals surface area contributed by atoms with E-state index >= 15 is 0 Å². The Kier molecular flexibility index (Phi) is 4.47. The maximum Gasteiger partial charge on any atom is 0.255 e. The lowest BCUT2D eigenvalue weighted by Crippen LogP contribution is -2.44. The summed E-state index contributed by atoms with van der Waals surface area (Å²) in [7, 11) is 0. The Morgan fingerprint density at radius 3 is 2.95 bits per heavy atom.